The lowest BCUT2D eigenvalue weighted by atomic mass is 10.1. The van der Waals surface area contributed by atoms with Crippen LogP contribution in [0, 0.1) is 6.92 Å². The molecule has 1 saturated heterocycles. The number of hydrogen-bond acceptors (Lipinski definition) is 6. The summed E-state index contributed by atoms with van der Waals surface area (Å²) in [6.07, 6.45) is 3.85. The van der Waals surface area contributed by atoms with Gasteiger partial charge in [0.1, 0.15) is 6.61 Å². The molecule has 2 aromatic rings. The molecule has 3 amide bonds. The predicted octanol–water partition coefficient (Wildman–Crippen LogP) is -1.66. The molecule has 1 heterocycles. The molecule has 1 N–H and O–H groups in total. The van der Waals surface area contributed by atoms with Crippen molar-refractivity contribution in [3.05, 3.63) is 47.5 Å². The maximum Gasteiger partial charge on any atom is 0.410 e. The molecule has 9 nitrogen and oxygen atoms in total. The van der Waals surface area contributed by atoms with Crippen molar-refractivity contribution in [2.45, 2.75) is 13.5 Å². The van der Waals surface area contributed by atoms with Gasteiger partial charge in [-0.25, -0.2) is 4.79 Å². The lowest BCUT2D eigenvalue weighted by Crippen LogP contribution is -3.00. The van der Waals surface area contributed by atoms with Gasteiger partial charge in [-0.3, -0.25) is 9.59 Å². The first-order chi connectivity index (χ1) is 16.2. The maximum atomic E-state index is 12.4. The van der Waals surface area contributed by atoms with Crippen molar-refractivity contribution in [1.82, 2.24) is 15.1 Å². The van der Waals surface area contributed by atoms with Gasteiger partial charge in [0, 0.05) is 26.2 Å². The van der Waals surface area contributed by atoms with E-state index in [0.29, 0.717) is 31.9 Å². The van der Waals surface area contributed by atoms with E-state index < -0.39 is 0 Å². The van der Waals surface area contributed by atoms with Gasteiger partial charge in [0.15, 0.2) is 5.75 Å². The van der Waals surface area contributed by atoms with E-state index in [9.17, 15) is 14.4 Å². The Morgan fingerprint density at radius 2 is 1.54 bits per heavy atom. The minimum Gasteiger partial charge on any atom is -1.00 e. The first-order valence-corrected chi connectivity index (χ1v) is 12.9. The highest BCUT2D eigenvalue weighted by Gasteiger charge is 2.25. The number of benzene rings is 2. The van der Waals surface area contributed by atoms with E-state index in [1.165, 1.54) is 5.56 Å². The Hall–Kier alpha value is -2.88. The van der Waals surface area contributed by atoms with Crippen LogP contribution in [-0.4, -0.2) is 84.8 Å². The summed E-state index contributed by atoms with van der Waals surface area (Å²) < 4.78 is 5.48. The Balaban J connectivity index is 0.00000145. The van der Waals surface area contributed by atoms with Gasteiger partial charge >= 0.3 is 12.2 Å². The lowest BCUT2D eigenvalue weighted by Gasteiger charge is -2.34. The molecular weight excluding hydrogens is 538 g/mol. The van der Waals surface area contributed by atoms with E-state index in [-0.39, 0.29) is 65.1 Å². The van der Waals surface area contributed by atoms with Crippen molar-refractivity contribution in [3.63, 3.8) is 0 Å². The van der Waals surface area contributed by atoms with Crippen LogP contribution < -0.4 is 22.3 Å². The molecule has 1 aliphatic rings. The highest BCUT2D eigenvalue weighted by atomic mass is 79.9. The number of nitrogens with zero attached hydrogens (tertiary/aromatic N) is 2. The van der Waals surface area contributed by atoms with Gasteiger partial charge < -0.3 is 36.8 Å². The fourth-order valence-corrected chi connectivity index (χ4v) is 4.10. The van der Waals surface area contributed by atoms with Gasteiger partial charge in [-0.05, 0) is 40.2 Å². The average Bonchev–Trinajstić information content (AvgIpc) is 2.81. The molecule has 190 valence electrons. The van der Waals surface area contributed by atoms with Crippen LogP contribution in [-0.2, 0) is 41.4 Å². The number of rotatable bonds is 6. The van der Waals surface area contributed by atoms with Crippen molar-refractivity contribution < 1.29 is 45.7 Å². The van der Waals surface area contributed by atoms with Crippen LogP contribution in [0.2, 0.25) is 0 Å². The van der Waals surface area contributed by atoms with E-state index in [2.05, 4.69) is 30.4 Å². The monoisotopic (exact) mass is 567 g/mol. The fourth-order valence-electron chi connectivity index (χ4n) is 3.48. The topological polar surface area (TPSA) is 113 Å². The first-order valence-electron chi connectivity index (χ1n) is 10.7. The van der Waals surface area contributed by atoms with Gasteiger partial charge in [-0.2, -0.15) is 9.59 Å². The van der Waals surface area contributed by atoms with E-state index in [4.69, 9.17) is 14.3 Å². The van der Waals surface area contributed by atoms with Crippen LogP contribution >= 0.6 is 0 Å². The number of carbonyl (C=O) groups is 3. The minimum atomic E-state index is -0.373. The van der Waals surface area contributed by atoms with Crippen LogP contribution in [0.4, 0.5) is 4.79 Å². The van der Waals surface area contributed by atoms with Gasteiger partial charge in [0.25, 0.3) is 5.91 Å². The summed E-state index contributed by atoms with van der Waals surface area (Å²) in [6.45, 7) is 3.99. The number of amides is 3. The number of hydrogen-bond donors (Lipinski definition) is 1. The summed E-state index contributed by atoms with van der Waals surface area (Å²) in [6, 6.07) is 12.3. The quantitative estimate of drug-likeness (QED) is 0.418. The molecule has 0 saturated carbocycles. The third-order valence-corrected chi connectivity index (χ3v) is 6.01. The zero-order chi connectivity index (χ0) is 25.1. The van der Waals surface area contributed by atoms with Gasteiger partial charge in [-0.1, -0.05) is 35.9 Å². The molecule has 11 heteroatoms. The Bertz CT molecular complexity index is 1050. The van der Waals surface area contributed by atoms with E-state index in [1.807, 2.05) is 30.7 Å². The Morgan fingerprint density at radius 3 is 2.17 bits per heavy atom. The number of ether oxygens (including phenoxy) is 1. The fraction of sp³-hybridized carbons (Fsp3) is 0.417. The average molecular weight is 568 g/mol. The SMILES string of the molecule is Cc1ccc2cc(COC(=O)N3CCN(C(=O)CNC(=O)C[S+](C)C)CC3)ccc2c1.O=C=O.[Br-]. The van der Waals surface area contributed by atoms with Gasteiger partial charge in [0.2, 0.25) is 5.91 Å². The summed E-state index contributed by atoms with van der Waals surface area (Å²) in [5.41, 5.74) is 2.15. The zero-order valence-electron chi connectivity index (χ0n) is 20.0. The summed E-state index contributed by atoms with van der Waals surface area (Å²) in [5.74, 6) is 0.205. The normalized spacial score (nSPS) is 12.7. The maximum absolute atomic E-state index is 12.4. The van der Waals surface area contributed by atoms with Crippen LogP contribution in [0.5, 0.6) is 0 Å². The van der Waals surface area contributed by atoms with Crippen molar-refractivity contribution >= 4 is 45.7 Å². The number of halogens is 1. The highest BCUT2D eigenvalue weighted by Crippen LogP contribution is 2.18. The van der Waals surface area contributed by atoms with Crippen LogP contribution in [0.15, 0.2) is 36.4 Å². The Kier molecular flexibility index (Phi) is 13.1. The number of carbonyl (C=O) groups excluding carboxylic acids is 5. The number of nitrogens with one attached hydrogen (secondary N) is 1. The molecular formula is C24H30BrN3O6S. The van der Waals surface area contributed by atoms with Crippen molar-refractivity contribution in [3.8, 4) is 0 Å². The predicted molar refractivity (Wildman–Crippen MR) is 129 cm³/mol. The van der Waals surface area contributed by atoms with Crippen molar-refractivity contribution in [2.24, 2.45) is 0 Å². The number of fused-ring (bicyclic) bond motifs is 1. The molecule has 3 rings (SSSR count). The van der Waals surface area contributed by atoms with Crippen molar-refractivity contribution in [1.29, 1.82) is 0 Å². The van der Waals surface area contributed by atoms with Crippen LogP contribution in [0.1, 0.15) is 11.1 Å². The molecule has 2 aromatic carbocycles. The van der Waals surface area contributed by atoms with Crippen molar-refractivity contribution in [2.75, 3.05) is 51.0 Å². The van der Waals surface area contributed by atoms with E-state index >= 15 is 0 Å². The molecule has 0 spiro atoms. The first kappa shape index (κ1) is 30.2. The molecule has 0 bridgehead atoms. The van der Waals surface area contributed by atoms with Crippen LogP contribution in [0.25, 0.3) is 10.8 Å². The highest BCUT2D eigenvalue weighted by molar-refractivity contribution is 7.96. The second-order valence-electron chi connectivity index (χ2n) is 8.10. The smallest absolute Gasteiger partial charge is 0.410 e. The summed E-state index contributed by atoms with van der Waals surface area (Å²) in [4.78, 5) is 56.0. The molecule has 1 fully saturated rings. The second kappa shape index (κ2) is 15.2. The van der Waals surface area contributed by atoms with E-state index in [0.717, 1.165) is 16.3 Å². The summed E-state index contributed by atoms with van der Waals surface area (Å²) >= 11 is 0. The summed E-state index contributed by atoms with van der Waals surface area (Å²) in [5, 5.41) is 4.95. The second-order valence-corrected chi connectivity index (χ2v) is 10.4. The Labute approximate surface area is 218 Å². The van der Waals surface area contributed by atoms with Gasteiger partial charge in [-0.15, -0.1) is 0 Å². The molecule has 1 aliphatic heterocycles. The van der Waals surface area contributed by atoms with Gasteiger partial charge in [0.05, 0.1) is 19.1 Å². The molecule has 0 aliphatic carbocycles. The molecule has 35 heavy (non-hydrogen) atoms. The third kappa shape index (κ3) is 10.1. The molecule has 0 unspecified atom stereocenters. The number of aryl methyl sites for hydroxylation is 1. The molecule has 0 atom stereocenters. The minimum absolute atomic E-state index is 0. The van der Waals surface area contributed by atoms with E-state index in [1.54, 1.807) is 9.80 Å². The third-order valence-electron chi connectivity index (χ3n) is 5.17. The standard InChI is InChI=1S/C23H29N3O4S.CO2.BrH/c1-17-4-6-20-13-18(5-7-19(20)12-17)15-30-23(29)26-10-8-25(9-11-26)22(28)14-24-21(27)16-31(2)3;2-1-3;/h4-7,12-13H,8-11,14-16H2,1-3H3;;1H. The zero-order valence-corrected chi connectivity index (χ0v) is 22.4. The Morgan fingerprint density at radius 1 is 0.971 bits per heavy atom. The van der Waals surface area contributed by atoms with Crippen LogP contribution in [0.3, 0.4) is 0 Å². The largest absolute Gasteiger partial charge is 1.00 e. The summed E-state index contributed by atoms with van der Waals surface area (Å²) in [7, 11) is 0.00555. The number of piperazine rings is 1. The lowest BCUT2D eigenvalue weighted by molar-refractivity contribution is -0.191. The molecule has 0 aromatic heterocycles. The molecule has 0 radical (unpaired) electrons.